The number of thiazole rings is 1. The van der Waals surface area contributed by atoms with E-state index in [0.29, 0.717) is 36.3 Å². The summed E-state index contributed by atoms with van der Waals surface area (Å²) in [6.07, 6.45) is 3.29. The fourth-order valence-corrected chi connectivity index (χ4v) is 6.01. The second-order valence-electron chi connectivity index (χ2n) is 7.32. The van der Waals surface area contributed by atoms with Crippen LogP contribution < -0.4 is 5.32 Å². The molecule has 0 bridgehead atoms. The van der Waals surface area contributed by atoms with Gasteiger partial charge in [-0.15, -0.1) is 21.5 Å². The highest BCUT2D eigenvalue weighted by atomic mass is 32.2. The largest absolute Gasteiger partial charge is 0.416 e. The first kappa shape index (κ1) is 22.9. The first-order valence-electron chi connectivity index (χ1n) is 10.2. The molecule has 170 valence electrons. The number of sulfonamides is 1. The summed E-state index contributed by atoms with van der Waals surface area (Å²) in [7, 11) is -3.49. The predicted molar refractivity (Wildman–Crippen MR) is 122 cm³/mol. The first-order valence-corrected chi connectivity index (χ1v) is 13.5. The molecule has 1 aliphatic heterocycles. The maximum Gasteiger partial charge on any atom is 0.277 e. The lowest BCUT2D eigenvalue weighted by Crippen LogP contribution is -2.35. The molecule has 0 aliphatic carbocycles. The highest BCUT2D eigenvalue weighted by Crippen LogP contribution is 2.23. The van der Waals surface area contributed by atoms with E-state index in [1.54, 1.807) is 23.5 Å². The number of aryl methyl sites for hydroxylation is 1. The van der Waals surface area contributed by atoms with Gasteiger partial charge in [0.15, 0.2) is 0 Å². The first-order chi connectivity index (χ1) is 15.4. The van der Waals surface area contributed by atoms with Crippen molar-refractivity contribution < 1.29 is 17.6 Å². The van der Waals surface area contributed by atoms with Gasteiger partial charge in [-0.1, -0.05) is 18.2 Å². The molecule has 0 saturated carbocycles. The Bertz CT molecular complexity index is 1170. The van der Waals surface area contributed by atoms with E-state index >= 15 is 0 Å². The molecule has 0 spiro atoms. The standard InChI is InChI=1S/C20H23N5O4S3/c1-14-21-16(12-30-14)11-19-23-24-20(29-19)31-13-18(26)22-15-5-7-17(8-6-15)32(27,28)25-9-3-2-4-10-25/h5-8,12H,2-4,9-11,13H2,1H3,(H,22,26). The quantitative estimate of drug-likeness (QED) is 0.475. The van der Waals surface area contributed by atoms with Gasteiger partial charge in [0.2, 0.25) is 21.8 Å². The molecule has 0 radical (unpaired) electrons. The van der Waals surface area contributed by atoms with E-state index in [9.17, 15) is 13.2 Å². The van der Waals surface area contributed by atoms with Crippen LogP contribution in [-0.4, -0.2) is 52.7 Å². The smallest absolute Gasteiger partial charge is 0.277 e. The van der Waals surface area contributed by atoms with E-state index in [4.69, 9.17) is 4.42 Å². The maximum atomic E-state index is 12.7. The van der Waals surface area contributed by atoms with Crippen LogP contribution in [-0.2, 0) is 21.2 Å². The summed E-state index contributed by atoms with van der Waals surface area (Å²) in [6.45, 7) is 3.04. The van der Waals surface area contributed by atoms with Gasteiger partial charge in [-0.2, -0.15) is 4.31 Å². The molecule has 1 amide bonds. The molecule has 4 rings (SSSR count). The zero-order valence-corrected chi connectivity index (χ0v) is 19.9. The Morgan fingerprint density at radius 2 is 1.94 bits per heavy atom. The summed E-state index contributed by atoms with van der Waals surface area (Å²) in [4.78, 5) is 16.9. The third-order valence-electron chi connectivity index (χ3n) is 4.86. The average molecular weight is 494 g/mol. The molecule has 0 atom stereocenters. The molecule has 3 heterocycles. The summed E-state index contributed by atoms with van der Waals surface area (Å²) in [5.74, 6) is 0.283. The Morgan fingerprint density at radius 1 is 1.19 bits per heavy atom. The lowest BCUT2D eigenvalue weighted by Gasteiger charge is -2.25. The van der Waals surface area contributed by atoms with Crippen molar-refractivity contribution in [2.75, 3.05) is 24.2 Å². The molecule has 1 aromatic carbocycles. The predicted octanol–water partition coefficient (Wildman–Crippen LogP) is 3.33. The van der Waals surface area contributed by atoms with E-state index in [1.165, 1.54) is 16.4 Å². The van der Waals surface area contributed by atoms with E-state index in [-0.39, 0.29) is 16.6 Å². The number of piperidine rings is 1. The minimum absolute atomic E-state index is 0.0886. The normalized spacial score (nSPS) is 15.0. The Morgan fingerprint density at radius 3 is 2.62 bits per heavy atom. The number of carbonyl (C=O) groups excluding carboxylic acids is 1. The highest BCUT2D eigenvalue weighted by molar-refractivity contribution is 7.99. The molecule has 1 N–H and O–H groups in total. The number of aromatic nitrogens is 3. The second-order valence-corrected chi connectivity index (χ2v) is 11.2. The number of benzene rings is 1. The van der Waals surface area contributed by atoms with Crippen LogP contribution in [0, 0.1) is 6.92 Å². The number of hydrogen-bond acceptors (Lipinski definition) is 9. The van der Waals surface area contributed by atoms with Crippen LogP contribution in [0.15, 0.2) is 44.2 Å². The van der Waals surface area contributed by atoms with Crippen molar-refractivity contribution >= 4 is 44.7 Å². The van der Waals surface area contributed by atoms with Crippen molar-refractivity contribution in [3.63, 3.8) is 0 Å². The third kappa shape index (κ3) is 5.74. The number of carbonyl (C=O) groups is 1. The number of rotatable bonds is 8. The van der Waals surface area contributed by atoms with Gasteiger partial charge in [0, 0.05) is 24.2 Å². The molecule has 3 aromatic rings. The van der Waals surface area contributed by atoms with Crippen molar-refractivity contribution in [1.29, 1.82) is 0 Å². The maximum absolute atomic E-state index is 12.7. The number of nitrogens with one attached hydrogen (secondary N) is 1. The molecule has 1 saturated heterocycles. The number of anilines is 1. The minimum Gasteiger partial charge on any atom is -0.416 e. The summed E-state index contributed by atoms with van der Waals surface area (Å²) in [5, 5.41) is 13.9. The summed E-state index contributed by atoms with van der Waals surface area (Å²) in [5.41, 5.74) is 1.40. The number of amides is 1. The van der Waals surface area contributed by atoms with Gasteiger partial charge in [-0.05, 0) is 44.0 Å². The fraction of sp³-hybridized carbons (Fsp3) is 0.400. The van der Waals surface area contributed by atoms with Crippen molar-refractivity contribution in [2.24, 2.45) is 0 Å². The summed E-state index contributed by atoms with van der Waals surface area (Å²) in [6, 6.07) is 6.24. The van der Waals surface area contributed by atoms with Crippen molar-refractivity contribution in [2.45, 2.75) is 42.7 Å². The Balaban J connectivity index is 1.28. The van der Waals surface area contributed by atoms with Gasteiger partial charge in [-0.3, -0.25) is 4.79 Å². The molecular formula is C20H23N5O4S3. The Kier molecular flexibility index (Phi) is 7.23. The topological polar surface area (TPSA) is 118 Å². The van der Waals surface area contributed by atoms with Gasteiger partial charge < -0.3 is 9.73 Å². The van der Waals surface area contributed by atoms with Crippen LogP contribution >= 0.6 is 23.1 Å². The van der Waals surface area contributed by atoms with Crippen LogP contribution in [0.3, 0.4) is 0 Å². The van der Waals surface area contributed by atoms with Gasteiger partial charge in [0.05, 0.1) is 27.8 Å². The van der Waals surface area contributed by atoms with Crippen LogP contribution in [0.1, 0.15) is 35.9 Å². The molecule has 1 aliphatic rings. The number of thioether (sulfide) groups is 1. The average Bonchev–Trinajstić information content (AvgIpc) is 3.42. The van der Waals surface area contributed by atoms with Gasteiger partial charge in [-0.25, -0.2) is 13.4 Å². The third-order valence-corrected chi connectivity index (χ3v) is 8.42. The second kappa shape index (κ2) is 10.1. The number of hydrogen-bond donors (Lipinski definition) is 1. The van der Waals surface area contributed by atoms with Gasteiger partial charge in [0.1, 0.15) is 0 Å². The van der Waals surface area contributed by atoms with E-state index in [2.05, 4.69) is 20.5 Å². The fourth-order valence-electron chi connectivity index (χ4n) is 3.30. The zero-order valence-electron chi connectivity index (χ0n) is 17.5. The lowest BCUT2D eigenvalue weighted by molar-refractivity contribution is -0.113. The summed E-state index contributed by atoms with van der Waals surface area (Å²) >= 11 is 2.70. The molecule has 9 nitrogen and oxygen atoms in total. The van der Waals surface area contributed by atoms with Crippen LogP contribution in [0.5, 0.6) is 0 Å². The molecular weight excluding hydrogens is 470 g/mol. The number of nitrogens with zero attached hydrogens (tertiary/aromatic N) is 4. The van der Waals surface area contributed by atoms with Crippen molar-refractivity contribution in [3.05, 3.63) is 46.2 Å². The highest BCUT2D eigenvalue weighted by Gasteiger charge is 2.25. The molecule has 32 heavy (non-hydrogen) atoms. The SMILES string of the molecule is Cc1nc(Cc2nnc(SCC(=O)Nc3ccc(S(=O)(=O)N4CCCCC4)cc3)o2)cs1. The minimum atomic E-state index is -3.49. The lowest BCUT2D eigenvalue weighted by atomic mass is 10.2. The van der Waals surface area contributed by atoms with Gasteiger partial charge >= 0.3 is 0 Å². The molecule has 12 heteroatoms. The molecule has 0 unspecified atom stereocenters. The van der Waals surface area contributed by atoms with E-state index in [0.717, 1.165) is 41.7 Å². The van der Waals surface area contributed by atoms with Gasteiger partial charge in [0.25, 0.3) is 5.22 Å². The Labute approximate surface area is 194 Å². The van der Waals surface area contributed by atoms with Crippen LogP contribution in [0.2, 0.25) is 0 Å². The van der Waals surface area contributed by atoms with Crippen LogP contribution in [0.25, 0.3) is 0 Å². The summed E-state index contributed by atoms with van der Waals surface area (Å²) < 4.78 is 32.5. The van der Waals surface area contributed by atoms with E-state index < -0.39 is 10.0 Å². The molecule has 2 aromatic heterocycles. The zero-order chi connectivity index (χ0) is 22.6. The monoisotopic (exact) mass is 493 g/mol. The van der Waals surface area contributed by atoms with Crippen LogP contribution in [0.4, 0.5) is 5.69 Å². The molecule has 1 fully saturated rings. The van der Waals surface area contributed by atoms with Crippen molar-refractivity contribution in [1.82, 2.24) is 19.5 Å². The van der Waals surface area contributed by atoms with E-state index in [1.807, 2.05) is 12.3 Å². The Hall–Kier alpha value is -2.28. The van der Waals surface area contributed by atoms with Crippen molar-refractivity contribution in [3.8, 4) is 0 Å².